The van der Waals surface area contributed by atoms with Gasteiger partial charge in [0.05, 0.1) is 18.4 Å². The number of nitrogens with zero attached hydrogens (tertiary/aromatic N) is 1. The first kappa shape index (κ1) is 24.7. The number of benzene rings is 2. The van der Waals surface area contributed by atoms with Gasteiger partial charge in [0.2, 0.25) is 11.8 Å². The second kappa shape index (κ2) is 10.1. The number of nitrogens with one attached hydrogen (secondary N) is 1. The molecular formula is C27H32N2O6. The van der Waals surface area contributed by atoms with Gasteiger partial charge < -0.3 is 14.9 Å². The van der Waals surface area contributed by atoms with Crippen molar-refractivity contribution < 1.29 is 29.3 Å². The van der Waals surface area contributed by atoms with Crippen molar-refractivity contribution in [1.29, 1.82) is 0 Å². The van der Waals surface area contributed by atoms with E-state index in [0.717, 1.165) is 18.4 Å². The van der Waals surface area contributed by atoms with E-state index in [9.17, 15) is 24.6 Å². The van der Waals surface area contributed by atoms with E-state index in [1.165, 1.54) is 17.0 Å². The molecule has 2 aromatic rings. The van der Waals surface area contributed by atoms with E-state index in [1.54, 1.807) is 24.3 Å². The Labute approximate surface area is 204 Å². The first-order chi connectivity index (χ1) is 16.8. The predicted octanol–water partition coefficient (Wildman–Crippen LogP) is 3.29. The summed E-state index contributed by atoms with van der Waals surface area (Å²) in [6, 6.07) is 12.9. The molecule has 8 heteroatoms. The number of carbonyl (C=O) groups excluding carboxylic acids is 2. The Kier molecular flexibility index (Phi) is 7.12. The summed E-state index contributed by atoms with van der Waals surface area (Å²) in [6.07, 6.45) is 2.35. The molecular weight excluding hydrogens is 448 g/mol. The average Bonchev–Trinajstić information content (AvgIpc) is 3.32. The summed E-state index contributed by atoms with van der Waals surface area (Å²) in [4.78, 5) is 41.2. The van der Waals surface area contributed by atoms with E-state index in [0.29, 0.717) is 24.3 Å². The zero-order chi connectivity index (χ0) is 25.2. The molecule has 0 saturated carbocycles. The van der Waals surface area contributed by atoms with Crippen LogP contribution < -0.4 is 10.1 Å². The van der Waals surface area contributed by atoms with Gasteiger partial charge in [-0.1, -0.05) is 44.5 Å². The molecule has 2 heterocycles. The van der Waals surface area contributed by atoms with Gasteiger partial charge in [0.25, 0.3) is 0 Å². The zero-order valence-electron chi connectivity index (χ0n) is 20.1. The minimum Gasteiger partial charge on any atom is -0.508 e. The molecule has 0 radical (unpaired) electrons. The number of aliphatic carboxylic acids is 1. The van der Waals surface area contributed by atoms with Gasteiger partial charge >= 0.3 is 5.97 Å². The lowest BCUT2D eigenvalue weighted by molar-refractivity contribution is -0.151. The highest BCUT2D eigenvalue weighted by Gasteiger charge is 2.68. The highest BCUT2D eigenvalue weighted by atomic mass is 16.5. The van der Waals surface area contributed by atoms with Crippen LogP contribution in [0.15, 0.2) is 48.5 Å². The quantitative estimate of drug-likeness (QED) is 0.447. The Morgan fingerprint density at radius 3 is 2.31 bits per heavy atom. The minimum absolute atomic E-state index is 0.00138. The largest absolute Gasteiger partial charge is 0.508 e. The van der Waals surface area contributed by atoms with E-state index >= 15 is 0 Å². The third kappa shape index (κ3) is 4.50. The van der Waals surface area contributed by atoms with Crippen LogP contribution in [0, 0.1) is 11.8 Å². The fourth-order valence-electron chi connectivity index (χ4n) is 5.25. The van der Waals surface area contributed by atoms with Crippen molar-refractivity contribution in [3.8, 4) is 11.5 Å². The summed E-state index contributed by atoms with van der Waals surface area (Å²) in [5.41, 5.74) is -0.291. The van der Waals surface area contributed by atoms with Crippen LogP contribution in [0.3, 0.4) is 0 Å². The van der Waals surface area contributed by atoms with Crippen LogP contribution in [0.1, 0.15) is 50.3 Å². The highest BCUT2D eigenvalue weighted by Crippen LogP contribution is 2.50. The zero-order valence-corrected chi connectivity index (χ0v) is 20.1. The number of phenols is 1. The van der Waals surface area contributed by atoms with E-state index in [4.69, 9.17) is 4.74 Å². The maximum Gasteiger partial charge on any atom is 0.325 e. The topological polar surface area (TPSA) is 116 Å². The highest BCUT2D eigenvalue weighted by molar-refractivity contribution is 6.09. The summed E-state index contributed by atoms with van der Waals surface area (Å²) in [5.74, 6) is -3.05. The van der Waals surface area contributed by atoms with Crippen LogP contribution in [0.2, 0.25) is 0 Å². The molecule has 8 nitrogen and oxygen atoms in total. The molecule has 0 bridgehead atoms. The predicted molar refractivity (Wildman–Crippen MR) is 129 cm³/mol. The Morgan fingerprint density at radius 2 is 1.71 bits per heavy atom. The van der Waals surface area contributed by atoms with Gasteiger partial charge in [0.15, 0.2) is 0 Å². The Morgan fingerprint density at radius 1 is 1.03 bits per heavy atom. The first-order valence-corrected chi connectivity index (χ1v) is 12.2. The second-order valence-corrected chi connectivity index (χ2v) is 9.34. The molecule has 35 heavy (non-hydrogen) atoms. The lowest BCUT2D eigenvalue weighted by Gasteiger charge is -2.31. The first-order valence-electron chi connectivity index (χ1n) is 12.2. The fourth-order valence-corrected chi connectivity index (χ4v) is 5.25. The third-order valence-electron chi connectivity index (χ3n) is 6.99. The number of hydrogen-bond donors (Lipinski definition) is 3. The number of amides is 2. The molecule has 2 fully saturated rings. The number of carbonyl (C=O) groups is 3. The van der Waals surface area contributed by atoms with Gasteiger partial charge in [0, 0.05) is 19.0 Å². The van der Waals surface area contributed by atoms with Crippen molar-refractivity contribution >= 4 is 17.8 Å². The minimum atomic E-state index is -1.67. The smallest absolute Gasteiger partial charge is 0.325 e. The third-order valence-corrected chi connectivity index (χ3v) is 6.99. The number of rotatable bonds is 10. The number of fused-ring (bicyclic) bond motifs is 1. The molecule has 0 aromatic heterocycles. The summed E-state index contributed by atoms with van der Waals surface area (Å²) in [6.45, 7) is 4.86. The number of phenolic OH excluding ortho intramolecular Hbond substituents is 1. The van der Waals surface area contributed by atoms with Crippen molar-refractivity contribution in [2.75, 3.05) is 13.2 Å². The number of hydrogen-bond acceptors (Lipinski definition) is 6. The summed E-state index contributed by atoms with van der Waals surface area (Å²) >= 11 is 0. The molecule has 2 saturated heterocycles. The Balaban J connectivity index is 1.75. The van der Waals surface area contributed by atoms with Crippen molar-refractivity contribution in [1.82, 2.24) is 10.2 Å². The molecule has 2 aliphatic heterocycles. The van der Waals surface area contributed by atoms with E-state index in [-0.39, 0.29) is 24.6 Å². The summed E-state index contributed by atoms with van der Waals surface area (Å²) in [5, 5.41) is 23.4. The molecule has 4 unspecified atom stereocenters. The van der Waals surface area contributed by atoms with Crippen LogP contribution in [0.25, 0.3) is 0 Å². The standard InChI is InChI=1S/C27H32N2O6/c1-3-5-14-29-24(31)21-22(25(29)32)27(26(33)34,16-17-6-10-19(30)11-7-17)28-23(21)18-8-12-20(13-9-18)35-15-4-2/h6-13,21-23,28,30H,3-5,14-16H2,1-2H3,(H,33,34). The number of ether oxygens (including phenoxy) is 1. The maximum atomic E-state index is 13.6. The van der Waals surface area contributed by atoms with Crippen LogP contribution in [-0.4, -0.2) is 51.6 Å². The van der Waals surface area contributed by atoms with E-state index in [2.05, 4.69) is 5.32 Å². The normalized spacial score (nSPS) is 25.7. The van der Waals surface area contributed by atoms with Crippen LogP contribution >= 0.6 is 0 Å². The molecule has 0 spiro atoms. The molecule has 186 valence electrons. The van der Waals surface area contributed by atoms with Gasteiger partial charge in [0.1, 0.15) is 17.0 Å². The van der Waals surface area contributed by atoms with Gasteiger partial charge in [-0.2, -0.15) is 0 Å². The molecule has 0 aliphatic carbocycles. The van der Waals surface area contributed by atoms with Crippen LogP contribution in [-0.2, 0) is 20.8 Å². The van der Waals surface area contributed by atoms with Crippen molar-refractivity contribution in [3.05, 3.63) is 59.7 Å². The monoisotopic (exact) mass is 480 g/mol. The van der Waals surface area contributed by atoms with Gasteiger partial charge in [-0.15, -0.1) is 0 Å². The van der Waals surface area contributed by atoms with Crippen molar-refractivity contribution in [2.24, 2.45) is 11.8 Å². The molecule has 2 aliphatic rings. The number of imide groups is 1. The fraction of sp³-hybridized carbons (Fsp3) is 0.444. The lowest BCUT2D eigenvalue weighted by atomic mass is 9.76. The second-order valence-electron chi connectivity index (χ2n) is 9.34. The SMILES string of the molecule is CCCCN1C(=O)C2C(c3ccc(OCCC)cc3)NC(Cc3ccc(O)cc3)(C(=O)O)C2C1=O. The Bertz CT molecular complexity index is 1080. The summed E-state index contributed by atoms with van der Waals surface area (Å²) in [7, 11) is 0. The van der Waals surface area contributed by atoms with Crippen molar-refractivity contribution in [2.45, 2.75) is 51.1 Å². The van der Waals surface area contributed by atoms with Gasteiger partial charge in [-0.25, -0.2) is 0 Å². The average molecular weight is 481 g/mol. The number of carboxylic acids is 1. The summed E-state index contributed by atoms with van der Waals surface area (Å²) < 4.78 is 5.66. The van der Waals surface area contributed by atoms with Gasteiger partial charge in [-0.3, -0.25) is 24.6 Å². The Hall–Kier alpha value is -3.39. The molecule has 4 rings (SSSR count). The number of likely N-dealkylation sites (tertiary alicyclic amines) is 1. The van der Waals surface area contributed by atoms with Crippen molar-refractivity contribution in [3.63, 3.8) is 0 Å². The van der Waals surface area contributed by atoms with Crippen LogP contribution in [0.4, 0.5) is 0 Å². The van der Waals surface area contributed by atoms with Crippen LogP contribution in [0.5, 0.6) is 11.5 Å². The number of unbranched alkanes of at least 4 members (excludes halogenated alkanes) is 1. The van der Waals surface area contributed by atoms with E-state index < -0.39 is 35.3 Å². The lowest BCUT2D eigenvalue weighted by Crippen LogP contribution is -2.57. The molecule has 2 aromatic carbocycles. The molecule has 3 N–H and O–H groups in total. The van der Waals surface area contributed by atoms with Gasteiger partial charge in [-0.05, 0) is 48.2 Å². The van der Waals surface area contributed by atoms with E-state index in [1.807, 2.05) is 26.0 Å². The maximum absolute atomic E-state index is 13.6. The number of carboxylic acid groups (broad SMARTS) is 1. The molecule has 4 atom stereocenters. The number of aromatic hydroxyl groups is 1. The molecule has 2 amide bonds.